The molecule has 0 saturated heterocycles. The van der Waals surface area contributed by atoms with Crippen molar-refractivity contribution in [2.24, 2.45) is 5.73 Å². The lowest BCUT2D eigenvalue weighted by molar-refractivity contribution is -0.139. The van der Waals surface area contributed by atoms with Gasteiger partial charge in [0.05, 0.1) is 0 Å². The molecule has 1 unspecified atom stereocenters. The van der Waals surface area contributed by atoms with Gasteiger partial charge >= 0.3 is 17.9 Å². The summed E-state index contributed by atoms with van der Waals surface area (Å²) in [5.41, 5.74) is 4.93. The standard InChI is InChI=1S/C7H6O3.C5H9NO4/c8-6-4-2-1-3-5(6)7(9)10;6-3(5(9)10)1-2-4(7)8/h1-4,8H,(H,9,10);3H,1-2,6H2,(H,7,8)(H,9,10). The van der Waals surface area contributed by atoms with Gasteiger partial charge in [-0.1, -0.05) is 12.1 Å². The molecule has 0 aliphatic carbocycles. The summed E-state index contributed by atoms with van der Waals surface area (Å²) in [5.74, 6) is -3.51. The van der Waals surface area contributed by atoms with E-state index in [0.29, 0.717) is 0 Å². The number of hydrogen-bond donors (Lipinski definition) is 5. The number of rotatable bonds is 5. The summed E-state index contributed by atoms with van der Waals surface area (Å²) in [6.07, 6.45) is -0.224. The molecule has 0 radical (unpaired) electrons. The maximum Gasteiger partial charge on any atom is 0.339 e. The van der Waals surface area contributed by atoms with Crippen LogP contribution in [0.3, 0.4) is 0 Å². The van der Waals surface area contributed by atoms with Gasteiger partial charge in [-0.2, -0.15) is 0 Å². The highest BCUT2D eigenvalue weighted by molar-refractivity contribution is 5.90. The molecule has 0 saturated carbocycles. The highest BCUT2D eigenvalue weighted by atomic mass is 16.4. The smallest absolute Gasteiger partial charge is 0.339 e. The zero-order valence-corrected chi connectivity index (χ0v) is 10.4. The van der Waals surface area contributed by atoms with Gasteiger partial charge in [-0.15, -0.1) is 0 Å². The third-order valence-electron chi connectivity index (χ3n) is 2.12. The van der Waals surface area contributed by atoms with Crippen LogP contribution >= 0.6 is 0 Å². The Hall–Kier alpha value is -2.61. The molecule has 1 atom stereocenters. The second kappa shape index (κ2) is 8.48. The third kappa shape index (κ3) is 6.97. The van der Waals surface area contributed by atoms with Crippen molar-refractivity contribution in [1.29, 1.82) is 0 Å². The Balaban J connectivity index is 0.000000361. The van der Waals surface area contributed by atoms with Gasteiger partial charge in [-0.3, -0.25) is 9.59 Å². The molecule has 6 N–H and O–H groups in total. The maximum atomic E-state index is 10.3. The molecule has 0 spiro atoms. The fraction of sp³-hybridized carbons (Fsp3) is 0.250. The van der Waals surface area contributed by atoms with Crippen LogP contribution in [0.2, 0.25) is 0 Å². The van der Waals surface area contributed by atoms with Gasteiger partial charge in [-0.25, -0.2) is 4.79 Å². The normalized spacial score (nSPS) is 10.8. The van der Waals surface area contributed by atoms with E-state index in [9.17, 15) is 14.4 Å². The van der Waals surface area contributed by atoms with E-state index < -0.39 is 23.9 Å². The lowest BCUT2D eigenvalue weighted by Crippen LogP contribution is -2.30. The SMILES string of the molecule is NC(CCC(=O)O)C(=O)O.O=C(O)c1ccccc1O. The third-order valence-corrected chi connectivity index (χ3v) is 2.12. The monoisotopic (exact) mass is 285 g/mol. The summed E-state index contributed by atoms with van der Waals surface area (Å²) in [6.45, 7) is 0. The summed E-state index contributed by atoms with van der Waals surface area (Å²) >= 11 is 0. The molecular weight excluding hydrogens is 270 g/mol. The van der Waals surface area contributed by atoms with Gasteiger partial charge in [0.1, 0.15) is 17.4 Å². The molecule has 1 rings (SSSR count). The van der Waals surface area contributed by atoms with Gasteiger partial charge in [-0.05, 0) is 18.6 Å². The minimum atomic E-state index is -1.17. The summed E-state index contributed by atoms with van der Waals surface area (Å²) in [5, 5.41) is 33.6. The van der Waals surface area contributed by atoms with Crippen LogP contribution in [0, 0.1) is 0 Å². The molecule has 20 heavy (non-hydrogen) atoms. The van der Waals surface area contributed by atoms with Crippen molar-refractivity contribution >= 4 is 17.9 Å². The van der Waals surface area contributed by atoms with Crippen LogP contribution in [-0.4, -0.2) is 44.4 Å². The van der Waals surface area contributed by atoms with Crippen LogP contribution in [0.4, 0.5) is 0 Å². The lowest BCUT2D eigenvalue weighted by Gasteiger charge is -2.01. The van der Waals surface area contributed by atoms with Crippen molar-refractivity contribution in [3.05, 3.63) is 29.8 Å². The number of nitrogens with two attached hydrogens (primary N) is 1. The number of phenols is 1. The van der Waals surface area contributed by atoms with Gasteiger partial charge in [0, 0.05) is 6.42 Å². The second-order valence-corrected chi connectivity index (χ2v) is 3.70. The van der Waals surface area contributed by atoms with Crippen molar-refractivity contribution in [1.82, 2.24) is 0 Å². The fourth-order valence-corrected chi connectivity index (χ4v) is 1.06. The number of carbonyl (C=O) groups is 3. The highest BCUT2D eigenvalue weighted by Gasteiger charge is 2.12. The first-order valence-electron chi connectivity index (χ1n) is 5.47. The van der Waals surface area contributed by atoms with Crippen molar-refractivity contribution < 1.29 is 34.8 Å². The molecule has 0 amide bonds. The first kappa shape index (κ1) is 17.4. The second-order valence-electron chi connectivity index (χ2n) is 3.70. The number of aliphatic carboxylic acids is 2. The Labute approximate surface area is 114 Å². The first-order valence-corrected chi connectivity index (χ1v) is 5.47. The Morgan fingerprint density at radius 1 is 1.10 bits per heavy atom. The number of carboxylic acids is 3. The molecule has 0 fully saturated rings. The Bertz CT molecular complexity index is 486. The van der Waals surface area contributed by atoms with Crippen LogP contribution < -0.4 is 5.73 Å². The van der Waals surface area contributed by atoms with E-state index in [1.165, 1.54) is 12.1 Å². The summed E-state index contributed by atoms with van der Waals surface area (Å²) in [6, 6.07) is 4.75. The molecule has 110 valence electrons. The molecule has 0 aliphatic rings. The van der Waals surface area contributed by atoms with Crippen molar-refractivity contribution in [2.75, 3.05) is 0 Å². The Morgan fingerprint density at radius 2 is 1.65 bits per heavy atom. The molecule has 0 heterocycles. The molecule has 8 nitrogen and oxygen atoms in total. The molecule has 1 aromatic carbocycles. The number of para-hydroxylation sites is 1. The molecular formula is C12H15NO7. The van der Waals surface area contributed by atoms with Gasteiger partial charge in [0.2, 0.25) is 0 Å². The summed E-state index contributed by atoms with van der Waals surface area (Å²) < 4.78 is 0. The molecule has 8 heteroatoms. The summed E-state index contributed by atoms with van der Waals surface area (Å²) in [7, 11) is 0. The zero-order chi connectivity index (χ0) is 15.7. The van der Waals surface area contributed by atoms with E-state index >= 15 is 0 Å². The largest absolute Gasteiger partial charge is 0.507 e. The van der Waals surface area contributed by atoms with Gasteiger partial charge in [0.25, 0.3) is 0 Å². The number of benzene rings is 1. The minimum Gasteiger partial charge on any atom is -0.507 e. The average molecular weight is 285 g/mol. The van der Waals surface area contributed by atoms with E-state index in [0.717, 1.165) is 0 Å². The first-order chi connectivity index (χ1) is 9.25. The quantitative estimate of drug-likeness (QED) is 0.518. The highest BCUT2D eigenvalue weighted by Crippen LogP contribution is 2.14. The number of carboxylic acid groups (broad SMARTS) is 3. The molecule has 0 aliphatic heterocycles. The van der Waals surface area contributed by atoms with E-state index in [-0.39, 0.29) is 24.2 Å². The van der Waals surface area contributed by atoms with E-state index in [4.69, 9.17) is 26.2 Å². The van der Waals surface area contributed by atoms with Crippen LogP contribution in [0.25, 0.3) is 0 Å². The number of aromatic hydroxyl groups is 1. The average Bonchev–Trinajstić information content (AvgIpc) is 2.36. The summed E-state index contributed by atoms with van der Waals surface area (Å²) in [4.78, 5) is 30.1. The fourth-order valence-electron chi connectivity index (χ4n) is 1.06. The van der Waals surface area contributed by atoms with Gasteiger partial charge in [0.15, 0.2) is 0 Å². The number of aromatic carboxylic acids is 1. The van der Waals surface area contributed by atoms with Gasteiger partial charge < -0.3 is 26.2 Å². The molecule has 0 bridgehead atoms. The minimum absolute atomic E-state index is 0.0231. The maximum absolute atomic E-state index is 10.3. The molecule has 1 aromatic rings. The predicted molar refractivity (Wildman–Crippen MR) is 67.5 cm³/mol. The van der Waals surface area contributed by atoms with E-state index in [1.54, 1.807) is 12.1 Å². The topological polar surface area (TPSA) is 158 Å². The van der Waals surface area contributed by atoms with Crippen LogP contribution in [0.5, 0.6) is 5.75 Å². The van der Waals surface area contributed by atoms with Crippen molar-refractivity contribution in [2.45, 2.75) is 18.9 Å². The van der Waals surface area contributed by atoms with E-state index in [1.807, 2.05) is 0 Å². The van der Waals surface area contributed by atoms with Crippen molar-refractivity contribution in [3.8, 4) is 5.75 Å². The van der Waals surface area contributed by atoms with Crippen LogP contribution in [0.1, 0.15) is 23.2 Å². The van der Waals surface area contributed by atoms with Crippen LogP contribution in [0.15, 0.2) is 24.3 Å². The van der Waals surface area contributed by atoms with Crippen molar-refractivity contribution in [3.63, 3.8) is 0 Å². The van der Waals surface area contributed by atoms with E-state index in [2.05, 4.69) is 0 Å². The predicted octanol–water partition coefficient (Wildman–Crippen LogP) is 0.354. The van der Waals surface area contributed by atoms with Crippen LogP contribution in [-0.2, 0) is 9.59 Å². The Kier molecular flexibility index (Phi) is 7.38. The zero-order valence-electron chi connectivity index (χ0n) is 10.4. The number of hydrogen-bond acceptors (Lipinski definition) is 5. The molecule has 0 aromatic heterocycles. The lowest BCUT2D eigenvalue weighted by atomic mass is 10.2. The Morgan fingerprint density at radius 3 is 2.00 bits per heavy atom.